The molecule has 0 spiro atoms. The zero-order valence-electron chi connectivity index (χ0n) is 18.8. The monoisotopic (exact) mass is 550 g/mol. The Labute approximate surface area is 227 Å². The van der Waals surface area contributed by atoms with Crippen LogP contribution in [0.15, 0.2) is 28.9 Å². The maximum absolute atomic E-state index is 5.51. The van der Waals surface area contributed by atoms with Crippen molar-refractivity contribution in [3.05, 3.63) is 41.2 Å². The molecular weight excluding hydrogens is 514 g/mol. The molecule has 4 aliphatic rings. The van der Waals surface area contributed by atoms with Crippen molar-refractivity contribution in [1.29, 1.82) is 0 Å². The first-order valence-corrected chi connectivity index (χ1v) is 10.5. The molecule has 0 aromatic heterocycles. The van der Waals surface area contributed by atoms with E-state index in [1.165, 1.54) is 48.6 Å². The Hall–Kier alpha value is 0.938. The van der Waals surface area contributed by atoms with Crippen molar-refractivity contribution in [2.75, 3.05) is 59.5 Å². The van der Waals surface area contributed by atoms with Gasteiger partial charge in [0.25, 0.3) is 6.29 Å². The summed E-state index contributed by atoms with van der Waals surface area (Å²) in [5.74, 6) is 0. The van der Waals surface area contributed by atoms with E-state index in [4.69, 9.17) is 4.74 Å². The standard InChI is InChI=1S/C22H36N4O.2Y/c1-17-14-19(24-9-12-27-13-10-24)15-18(2)20(17)16-22(3,4)26(5)11-8-25-7-6-23-21(25)26;;/h14-15,25H,6-13,23H2,1-5H3;;/q+2;;. The number of nitrogens with zero attached hydrogens (tertiary/aromatic N) is 2. The Bertz CT molecular complexity index is 724. The Morgan fingerprint density at radius 3 is 2.38 bits per heavy atom. The van der Waals surface area contributed by atoms with Gasteiger partial charge in [0, 0.05) is 65.4 Å². The van der Waals surface area contributed by atoms with Gasteiger partial charge in [-0.05, 0) is 26.0 Å². The fourth-order valence-corrected chi connectivity index (χ4v) is 5.09. The third-order valence-electron chi connectivity index (χ3n) is 7.10. The second-order valence-corrected chi connectivity index (χ2v) is 9.13. The summed E-state index contributed by atoms with van der Waals surface area (Å²) in [6.45, 7) is 17.8. The summed E-state index contributed by atoms with van der Waals surface area (Å²) in [7, 11) is 2.41. The summed E-state index contributed by atoms with van der Waals surface area (Å²) in [5, 5.41) is 2.48. The molecule has 5 nitrogen and oxygen atoms in total. The smallest absolute Gasteiger partial charge is 0.262 e. The number of fused-ring (bicyclic) bond motifs is 1. The number of nitrogens with two attached hydrogens (primary N) is 1. The molecule has 0 aromatic carbocycles. The van der Waals surface area contributed by atoms with Crippen LogP contribution in [0.4, 0.5) is 0 Å². The summed E-state index contributed by atoms with van der Waals surface area (Å²) in [4.78, 5) is 1.68. The molecule has 3 fully saturated rings. The van der Waals surface area contributed by atoms with Gasteiger partial charge >= 0.3 is 0 Å². The number of likely N-dealkylation sites (N-methyl/N-ethyl adjacent to an activating group) is 1. The Kier molecular flexibility index (Phi) is 9.26. The summed E-state index contributed by atoms with van der Waals surface area (Å²) in [6, 6.07) is 0. The third kappa shape index (κ3) is 4.98. The molecule has 4 rings (SSSR count). The van der Waals surface area contributed by atoms with Gasteiger partial charge in [-0.25, -0.2) is 4.58 Å². The van der Waals surface area contributed by atoms with Crippen LogP contribution >= 0.6 is 0 Å². The Balaban J connectivity index is 0.00000150. The molecule has 2 unspecified atom stereocenters. The maximum atomic E-state index is 5.51. The van der Waals surface area contributed by atoms with Gasteiger partial charge in [-0.1, -0.05) is 13.8 Å². The quantitative estimate of drug-likeness (QED) is 0.265. The molecule has 3 heterocycles. The van der Waals surface area contributed by atoms with Crippen LogP contribution in [0, 0.1) is 12.4 Å². The van der Waals surface area contributed by atoms with E-state index in [2.05, 4.69) is 62.9 Å². The minimum absolute atomic E-state index is 0. The van der Waals surface area contributed by atoms with Gasteiger partial charge in [0.15, 0.2) is 18.8 Å². The Morgan fingerprint density at radius 2 is 1.76 bits per heavy atom. The predicted octanol–water partition coefficient (Wildman–Crippen LogP) is -0.751. The number of rotatable bonds is 2. The van der Waals surface area contributed by atoms with Crippen LogP contribution in [-0.2, 0) is 70.2 Å². The SMILES string of the molecule is CC1=CC(=[N+]2CCOCC2)C=C(C)C1=[C-]C(C)(C)[N+]1(C)CC[NH+]2CC[NH2+][C-]21.[Y].[Y]. The normalized spacial score (nSPS) is 30.2. The molecular formula is C22H36N4OY2+2. The van der Waals surface area contributed by atoms with Gasteiger partial charge < -0.3 is 19.4 Å². The average molecular weight is 550 g/mol. The molecule has 2 radical (unpaired) electrons. The first-order chi connectivity index (χ1) is 12.8. The van der Waals surface area contributed by atoms with Gasteiger partial charge in [-0.3, -0.25) is 0 Å². The molecule has 7 heteroatoms. The molecule has 3 N–H and O–H groups in total. The molecule has 154 valence electrons. The number of hydrogen-bond donors (Lipinski definition) is 2. The minimum Gasteiger partial charge on any atom is -0.368 e. The van der Waals surface area contributed by atoms with Crippen molar-refractivity contribution in [2.45, 2.75) is 33.2 Å². The molecule has 3 saturated heterocycles. The molecule has 29 heavy (non-hydrogen) atoms. The average Bonchev–Trinajstić information content (AvgIpc) is 3.23. The predicted molar refractivity (Wildman–Crippen MR) is 106 cm³/mol. The maximum Gasteiger partial charge on any atom is 0.262 e. The first kappa shape index (κ1) is 26.2. The van der Waals surface area contributed by atoms with Crippen LogP contribution in [-0.4, -0.2) is 79.8 Å². The van der Waals surface area contributed by atoms with E-state index in [-0.39, 0.29) is 71.0 Å². The van der Waals surface area contributed by atoms with E-state index < -0.39 is 0 Å². The summed E-state index contributed by atoms with van der Waals surface area (Å²) >= 11 is 0. The van der Waals surface area contributed by atoms with Gasteiger partial charge in [0.1, 0.15) is 39.4 Å². The minimum atomic E-state index is -0.0477. The number of morpholine rings is 1. The number of ether oxygens (including phenoxy) is 1. The molecule has 0 bridgehead atoms. The third-order valence-corrected chi connectivity index (χ3v) is 7.10. The van der Waals surface area contributed by atoms with Gasteiger partial charge in [0.05, 0.1) is 12.6 Å². The number of quaternary nitrogens is 3. The van der Waals surface area contributed by atoms with Crippen LogP contribution in [0.2, 0.25) is 0 Å². The fourth-order valence-electron chi connectivity index (χ4n) is 5.09. The fraction of sp³-hybridized carbons (Fsp3) is 0.636. The summed E-state index contributed by atoms with van der Waals surface area (Å²) in [6.07, 6.45) is 10.2. The van der Waals surface area contributed by atoms with Crippen molar-refractivity contribution in [1.82, 2.24) is 0 Å². The van der Waals surface area contributed by atoms with Crippen molar-refractivity contribution in [3.8, 4) is 0 Å². The van der Waals surface area contributed by atoms with E-state index in [9.17, 15) is 0 Å². The number of hydrogen-bond acceptors (Lipinski definition) is 1. The van der Waals surface area contributed by atoms with Crippen LogP contribution in [0.5, 0.6) is 0 Å². The topological polar surface area (TPSA) is 33.3 Å². The zero-order valence-corrected chi connectivity index (χ0v) is 24.5. The van der Waals surface area contributed by atoms with E-state index >= 15 is 0 Å². The molecule has 1 aliphatic carbocycles. The van der Waals surface area contributed by atoms with Crippen LogP contribution in [0.1, 0.15) is 27.7 Å². The number of allylic oxidation sites excluding steroid dienone is 5. The number of nitrogens with one attached hydrogen (secondary N) is 1. The second kappa shape index (κ2) is 10.3. The van der Waals surface area contributed by atoms with Crippen LogP contribution in [0.3, 0.4) is 0 Å². The molecule has 3 aliphatic heterocycles. The largest absolute Gasteiger partial charge is 0.368 e. The van der Waals surface area contributed by atoms with Crippen LogP contribution in [0.25, 0.3) is 0 Å². The second-order valence-electron chi connectivity index (χ2n) is 9.13. The molecule has 0 saturated carbocycles. The van der Waals surface area contributed by atoms with Crippen molar-refractivity contribution >= 4 is 5.71 Å². The van der Waals surface area contributed by atoms with Crippen molar-refractivity contribution in [2.24, 2.45) is 0 Å². The van der Waals surface area contributed by atoms with Gasteiger partial charge in [0.2, 0.25) is 0 Å². The van der Waals surface area contributed by atoms with E-state index in [1.54, 1.807) is 11.2 Å². The molecule has 2 atom stereocenters. The molecule has 0 aromatic rings. The molecule has 0 amide bonds. The van der Waals surface area contributed by atoms with Crippen molar-refractivity contribution in [3.63, 3.8) is 0 Å². The summed E-state index contributed by atoms with van der Waals surface area (Å²) < 4.78 is 8.94. The van der Waals surface area contributed by atoms with Crippen molar-refractivity contribution < 1.29 is 89.4 Å². The van der Waals surface area contributed by atoms with E-state index in [0.29, 0.717) is 0 Å². The van der Waals surface area contributed by atoms with Crippen LogP contribution < -0.4 is 10.2 Å². The van der Waals surface area contributed by atoms with Gasteiger partial charge in [-0.2, -0.15) is 5.57 Å². The van der Waals surface area contributed by atoms with E-state index in [1.807, 2.05) is 0 Å². The zero-order chi connectivity index (χ0) is 19.2. The van der Waals surface area contributed by atoms with E-state index in [0.717, 1.165) is 30.8 Å². The first-order valence-electron chi connectivity index (χ1n) is 10.5. The summed E-state index contributed by atoms with van der Waals surface area (Å²) in [5.41, 5.74) is 5.24. The van der Waals surface area contributed by atoms with Gasteiger partial charge in [-0.15, -0.1) is 17.2 Å². The Morgan fingerprint density at radius 1 is 1.14 bits per heavy atom.